The second-order valence-electron chi connectivity index (χ2n) is 6.51. The van der Waals surface area contributed by atoms with Crippen LogP contribution in [0, 0.1) is 0 Å². The molecule has 0 aliphatic rings. The Morgan fingerprint density at radius 2 is 1.14 bits per heavy atom. The lowest BCUT2D eigenvalue weighted by Crippen LogP contribution is -2.51. The minimum atomic E-state index is -0.779. The number of primary amides is 1. The molecule has 0 aromatic carbocycles. The fourth-order valence-corrected chi connectivity index (χ4v) is 2.76. The molecule has 4 N–H and O–H groups in total. The molecular weight excluding hydrogens is 260 g/mol. The Kier molecular flexibility index (Phi) is 12.8. The average molecular weight is 299 g/mol. The maximum Gasteiger partial charge on any atom is 0.237 e. The second kappa shape index (κ2) is 13.1. The Morgan fingerprint density at radius 1 is 0.762 bits per heavy atom. The molecule has 0 fully saturated rings. The first-order valence-electron chi connectivity index (χ1n) is 9.15. The summed E-state index contributed by atoms with van der Waals surface area (Å²) in [6.07, 6.45) is 17.2. The third kappa shape index (κ3) is 10.8. The van der Waals surface area contributed by atoms with Gasteiger partial charge in [0.25, 0.3) is 0 Å². The first-order chi connectivity index (χ1) is 10.1. The first-order valence-corrected chi connectivity index (χ1v) is 9.15. The molecule has 126 valence electrons. The highest BCUT2D eigenvalue weighted by atomic mass is 16.1. The Bertz CT molecular complexity index is 256. The predicted octanol–water partition coefficient (Wildman–Crippen LogP) is 4.67. The molecule has 0 aromatic heterocycles. The zero-order valence-corrected chi connectivity index (χ0v) is 14.5. The third-order valence-electron chi connectivity index (χ3n) is 4.60. The van der Waals surface area contributed by atoms with Gasteiger partial charge in [-0.2, -0.15) is 0 Å². The Labute approximate surface area is 132 Å². The zero-order chi connectivity index (χ0) is 16.0. The van der Waals surface area contributed by atoms with E-state index in [4.69, 9.17) is 11.5 Å². The molecule has 0 aliphatic carbocycles. The van der Waals surface area contributed by atoms with Crippen molar-refractivity contribution < 1.29 is 4.79 Å². The summed E-state index contributed by atoms with van der Waals surface area (Å²) in [4.78, 5) is 11.3. The largest absolute Gasteiger partial charge is 0.368 e. The van der Waals surface area contributed by atoms with Crippen LogP contribution in [0.4, 0.5) is 0 Å². The molecule has 0 rings (SSSR count). The van der Waals surface area contributed by atoms with Gasteiger partial charge < -0.3 is 11.5 Å². The number of hydrogen-bond acceptors (Lipinski definition) is 2. The van der Waals surface area contributed by atoms with Gasteiger partial charge in [0.05, 0.1) is 5.54 Å². The molecule has 0 aliphatic heterocycles. The number of carbonyl (C=O) groups is 1. The molecule has 0 bridgehead atoms. The van der Waals surface area contributed by atoms with Crippen LogP contribution in [-0.2, 0) is 4.79 Å². The molecule has 3 heteroatoms. The number of carbonyl (C=O) groups excluding carboxylic acids is 1. The van der Waals surface area contributed by atoms with Crippen LogP contribution >= 0.6 is 0 Å². The summed E-state index contributed by atoms with van der Waals surface area (Å²) in [6.45, 7) is 4.20. The molecule has 1 atom stereocenters. The molecular formula is C18H38N2O. The van der Waals surface area contributed by atoms with Crippen molar-refractivity contribution in [2.45, 2.75) is 109 Å². The van der Waals surface area contributed by atoms with Gasteiger partial charge in [0.2, 0.25) is 5.91 Å². The van der Waals surface area contributed by atoms with E-state index in [1.807, 2.05) is 6.92 Å². The third-order valence-corrected chi connectivity index (χ3v) is 4.60. The van der Waals surface area contributed by atoms with Crippen molar-refractivity contribution in [2.75, 3.05) is 0 Å². The molecule has 0 heterocycles. The van der Waals surface area contributed by atoms with Crippen LogP contribution in [0.3, 0.4) is 0 Å². The van der Waals surface area contributed by atoms with E-state index in [1.165, 1.54) is 70.6 Å². The highest BCUT2D eigenvalue weighted by molar-refractivity contribution is 5.84. The molecule has 21 heavy (non-hydrogen) atoms. The van der Waals surface area contributed by atoms with Gasteiger partial charge in [-0.25, -0.2) is 0 Å². The quantitative estimate of drug-likeness (QED) is 0.431. The summed E-state index contributed by atoms with van der Waals surface area (Å²) in [6, 6.07) is 0. The number of nitrogens with two attached hydrogens (primary N) is 2. The van der Waals surface area contributed by atoms with Gasteiger partial charge in [-0.05, 0) is 12.8 Å². The van der Waals surface area contributed by atoms with Crippen LogP contribution in [0.5, 0.6) is 0 Å². The second-order valence-corrected chi connectivity index (χ2v) is 6.51. The summed E-state index contributed by atoms with van der Waals surface area (Å²) in [7, 11) is 0. The maximum absolute atomic E-state index is 11.3. The van der Waals surface area contributed by atoms with Gasteiger partial charge in [0.15, 0.2) is 0 Å². The van der Waals surface area contributed by atoms with Crippen molar-refractivity contribution in [1.29, 1.82) is 0 Å². The molecule has 3 nitrogen and oxygen atoms in total. The SMILES string of the molecule is CCCCCCCCCCCCCCC(N)(CC)C(N)=O. The van der Waals surface area contributed by atoms with Crippen molar-refractivity contribution in [3.05, 3.63) is 0 Å². The summed E-state index contributed by atoms with van der Waals surface area (Å²) < 4.78 is 0. The van der Waals surface area contributed by atoms with E-state index in [-0.39, 0.29) is 5.91 Å². The van der Waals surface area contributed by atoms with Crippen molar-refractivity contribution in [3.63, 3.8) is 0 Å². The molecule has 0 spiro atoms. The van der Waals surface area contributed by atoms with Crippen LogP contribution in [0.15, 0.2) is 0 Å². The van der Waals surface area contributed by atoms with Crippen LogP contribution < -0.4 is 11.5 Å². The van der Waals surface area contributed by atoms with E-state index in [0.29, 0.717) is 6.42 Å². The van der Waals surface area contributed by atoms with Gasteiger partial charge in [0.1, 0.15) is 0 Å². The van der Waals surface area contributed by atoms with Gasteiger partial charge in [-0.1, -0.05) is 90.9 Å². The fraction of sp³-hybridized carbons (Fsp3) is 0.944. The van der Waals surface area contributed by atoms with Crippen molar-refractivity contribution in [1.82, 2.24) is 0 Å². The Hall–Kier alpha value is -0.570. The van der Waals surface area contributed by atoms with E-state index in [9.17, 15) is 4.79 Å². The van der Waals surface area contributed by atoms with Gasteiger partial charge in [-0.15, -0.1) is 0 Å². The van der Waals surface area contributed by atoms with Crippen LogP contribution in [0.1, 0.15) is 104 Å². The first kappa shape index (κ1) is 20.4. The summed E-state index contributed by atoms with van der Waals surface area (Å²) >= 11 is 0. The summed E-state index contributed by atoms with van der Waals surface area (Å²) in [5.74, 6) is -0.354. The van der Waals surface area contributed by atoms with E-state index < -0.39 is 5.54 Å². The highest BCUT2D eigenvalue weighted by Crippen LogP contribution is 2.17. The normalized spacial score (nSPS) is 14.0. The van der Waals surface area contributed by atoms with Gasteiger partial charge >= 0.3 is 0 Å². The van der Waals surface area contributed by atoms with Crippen LogP contribution in [0.2, 0.25) is 0 Å². The van der Waals surface area contributed by atoms with E-state index in [0.717, 1.165) is 12.8 Å². The minimum absolute atomic E-state index is 0.354. The topological polar surface area (TPSA) is 69.1 Å². The lowest BCUT2D eigenvalue weighted by molar-refractivity contribution is -0.123. The molecule has 0 saturated heterocycles. The molecule has 0 aromatic rings. The summed E-state index contributed by atoms with van der Waals surface area (Å²) in [5.41, 5.74) is 10.6. The summed E-state index contributed by atoms with van der Waals surface area (Å²) in [5, 5.41) is 0. The zero-order valence-electron chi connectivity index (χ0n) is 14.5. The average Bonchev–Trinajstić information content (AvgIpc) is 2.47. The number of unbranched alkanes of at least 4 members (excludes halogenated alkanes) is 11. The number of hydrogen-bond donors (Lipinski definition) is 2. The fourth-order valence-electron chi connectivity index (χ4n) is 2.76. The monoisotopic (exact) mass is 298 g/mol. The standard InChI is InChI=1S/C18H38N2O/c1-3-5-6-7-8-9-10-11-12-13-14-15-16-18(20,4-2)17(19)21/h3-16,20H2,1-2H3,(H2,19,21). The smallest absolute Gasteiger partial charge is 0.237 e. The van der Waals surface area contributed by atoms with Crippen molar-refractivity contribution in [3.8, 4) is 0 Å². The lowest BCUT2D eigenvalue weighted by Gasteiger charge is -2.23. The minimum Gasteiger partial charge on any atom is -0.368 e. The van der Waals surface area contributed by atoms with Crippen molar-refractivity contribution in [2.24, 2.45) is 11.5 Å². The molecule has 1 unspecified atom stereocenters. The predicted molar refractivity (Wildman–Crippen MR) is 92.1 cm³/mol. The van der Waals surface area contributed by atoms with Crippen LogP contribution in [-0.4, -0.2) is 11.4 Å². The Balaban J connectivity index is 3.31. The van der Waals surface area contributed by atoms with E-state index >= 15 is 0 Å². The van der Waals surface area contributed by atoms with Crippen LogP contribution in [0.25, 0.3) is 0 Å². The lowest BCUT2D eigenvalue weighted by atomic mass is 9.89. The molecule has 0 radical (unpaired) electrons. The maximum atomic E-state index is 11.3. The number of amides is 1. The molecule has 0 saturated carbocycles. The van der Waals surface area contributed by atoms with E-state index in [1.54, 1.807) is 0 Å². The highest BCUT2D eigenvalue weighted by Gasteiger charge is 2.28. The van der Waals surface area contributed by atoms with Crippen molar-refractivity contribution >= 4 is 5.91 Å². The van der Waals surface area contributed by atoms with Gasteiger partial charge in [0, 0.05) is 0 Å². The van der Waals surface area contributed by atoms with E-state index in [2.05, 4.69) is 6.92 Å². The number of rotatable bonds is 15. The molecule has 1 amide bonds. The Morgan fingerprint density at radius 3 is 1.48 bits per heavy atom. The van der Waals surface area contributed by atoms with Gasteiger partial charge in [-0.3, -0.25) is 4.79 Å².